The van der Waals surface area contributed by atoms with Gasteiger partial charge in [0.25, 0.3) is 20.0 Å². The number of hydrogen-bond donors (Lipinski definition) is 1. The van der Waals surface area contributed by atoms with Crippen molar-refractivity contribution in [3.05, 3.63) is 141 Å². The number of anilines is 6. The number of carbonyl (C=O) groups is 2. The monoisotopic (exact) mass is 1020 g/mol. The largest absolute Gasteiger partial charge is 0.359 e. The molecule has 2 fully saturated rings. The number of rotatable bonds is 12. The van der Waals surface area contributed by atoms with Crippen molar-refractivity contribution in [2.45, 2.75) is 47.6 Å². The Bertz CT molecular complexity index is 3080. The lowest BCUT2D eigenvalue weighted by Crippen LogP contribution is -2.41. The van der Waals surface area contributed by atoms with E-state index >= 15 is 0 Å². The third-order valence-electron chi connectivity index (χ3n) is 12.1. The highest BCUT2D eigenvalue weighted by Gasteiger charge is 2.41. The number of halogens is 4. The minimum absolute atomic E-state index is 0.0742. The molecule has 10 rings (SSSR count). The van der Waals surface area contributed by atoms with Gasteiger partial charge in [-0.2, -0.15) is 0 Å². The molecule has 0 aliphatic carbocycles. The summed E-state index contributed by atoms with van der Waals surface area (Å²) in [6.45, 7) is 5.94. The zero-order chi connectivity index (χ0) is 47.2. The summed E-state index contributed by atoms with van der Waals surface area (Å²) in [6.07, 6.45) is 6.96. The Morgan fingerprint density at radius 3 is 1.66 bits per heavy atom. The first-order valence-corrected chi connectivity index (χ1v) is 26.4. The maximum atomic E-state index is 13.8. The molecular weight excluding hydrogens is 986 g/mol. The lowest BCUT2D eigenvalue weighted by atomic mass is 10.1. The van der Waals surface area contributed by atoms with E-state index in [4.69, 9.17) is 23.2 Å². The van der Waals surface area contributed by atoms with Crippen LogP contribution in [0.25, 0.3) is 0 Å². The van der Waals surface area contributed by atoms with Crippen LogP contribution in [-0.2, 0) is 42.5 Å². The number of nitrogens with one attached hydrogen (secondary N) is 1. The average molecular weight is 1030 g/mol. The van der Waals surface area contributed by atoms with Crippen LogP contribution in [0.5, 0.6) is 0 Å². The first kappa shape index (κ1) is 46.5. The van der Waals surface area contributed by atoms with Crippen molar-refractivity contribution in [1.29, 1.82) is 0 Å². The fourth-order valence-electron chi connectivity index (χ4n) is 8.87. The summed E-state index contributed by atoms with van der Waals surface area (Å²) >= 11 is 14.7. The van der Waals surface area contributed by atoms with Gasteiger partial charge < -0.3 is 19.6 Å². The molecule has 67 heavy (non-hydrogen) atoms. The Labute approximate surface area is 403 Å². The van der Waals surface area contributed by atoms with Crippen molar-refractivity contribution >= 4 is 111 Å². The summed E-state index contributed by atoms with van der Waals surface area (Å²) in [5.74, 6) is -1.06. The lowest BCUT2D eigenvalue weighted by molar-refractivity contribution is -0.119. The Balaban J connectivity index is 0.000000169. The van der Waals surface area contributed by atoms with Gasteiger partial charge >= 0.3 is 0 Å². The molecule has 4 aliphatic heterocycles. The predicted molar refractivity (Wildman–Crippen MR) is 259 cm³/mol. The minimum atomic E-state index is -3.85. The van der Waals surface area contributed by atoms with Crippen LogP contribution in [0.4, 0.5) is 41.8 Å². The summed E-state index contributed by atoms with van der Waals surface area (Å²) in [5, 5.41) is 4.28. The van der Waals surface area contributed by atoms with E-state index in [2.05, 4.69) is 21.3 Å². The van der Waals surface area contributed by atoms with Gasteiger partial charge in [0, 0.05) is 72.1 Å². The summed E-state index contributed by atoms with van der Waals surface area (Å²) in [7, 11) is -7.61. The molecule has 2 atom stereocenters. The molecule has 1 N–H and O–H groups in total. The van der Waals surface area contributed by atoms with E-state index in [9.17, 15) is 35.2 Å². The van der Waals surface area contributed by atoms with Gasteiger partial charge in [0.05, 0.1) is 26.4 Å². The van der Waals surface area contributed by atoms with E-state index in [0.717, 1.165) is 22.5 Å². The maximum Gasteiger partial charge on any atom is 0.266 e. The van der Waals surface area contributed by atoms with Crippen LogP contribution in [0.3, 0.4) is 0 Å². The third-order valence-corrected chi connectivity index (χ3v) is 17.7. The fraction of sp³-hybridized carbons (Fsp3) is 0.244. The number of aromatic nitrogens is 2. The molecule has 0 saturated carbocycles. The number of nitrogens with zero attached hydrogens (tertiary/aromatic N) is 7. The van der Waals surface area contributed by atoms with Crippen molar-refractivity contribution in [1.82, 2.24) is 9.97 Å². The van der Waals surface area contributed by atoms with Gasteiger partial charge in [0.2, 0.25) is 11.8 Å². The van der Waals surface area contributed by atoms with Crippen molar-refractivity contribution in [3.63, 3.8) is 0 Å². The fourth-order valence-corrected chi connectivity index (χ4v) is 13.4. The van der Waals surface area contributed by atoms with Crippen LogP contribution >= 0.6 is 45.9 Å². The highest BCUT2D eigenvalue weighted by Crippen LogP contribution is 2.41. The summed E-state index contributed by atoms with van der Waals surface area (Å²) in [4.78, 5) is 42.0. The summed E-state index contributed by atoms with van der Waals surface area (Å²) in [6, 6.07) is 17.8. The SMILES string of the molecule is C=CCN(c1nccs1)S(=O)(=O)c1ccc(N2CC[C@H](N3CCc4c3ccc(F)c4Cl)C2=O)cc1.O=C1[C@@H](N2CCc3c2ccc(F)c3Cl)CCN1c1ccc(S(=O)(=O)Nc2nccs2)cc1. The number of carbonyl (C=O) groups excluding carboxylic acids is 2. The number of amides is 2. The number of thiazole rings is 2. The normalized spacial score (nSPS) is 18.0. The quantitative estimate of drug-likeness (QED) is 0.118. The molecule has 4 aliphatic rings. The second-order valence-electron chi connectivity index (χ2n) is 15.8. The Kier molecular flexibility index (Phi) is 13.0. The van der Waals surface area contributed by atoms with E-state index in [0.29, 0.717) is 68.4 Å². The molecule has 6 aromatic rings. The van der Waals surface area contributed by atoms with Crippen LogP contribution in [0.15, 0.2) is 118 Å². The zero-order valence-corrected chi connectivity index (χ0v) is 40.0. The first-order valence-electron chi connectivity index (χ1n) is 20.9. The van der Waals surface area contributed by atoms with Crippen molar-refractivity contribution in [3.8, 4) is 0 Å². The van der Waals surface area contributed by atoms with Crippen molar-refractivity contribution < 1.29 is 35.2 Å². The van der Waals surface area contributed by atoms with Crippen molar-refractivity contribution in [2.75, 3.05) is 61.4 Å². The maximum absolute atomic E-state index is 13.8. The van der Waals surface area contributed by atoms with E-state index in [1.807, 2.05) is 9.80 Å². The molecule has 22 heteroatoms. The molecule has 14 nitrogen and oxygen atoms in total. The number of hydrogen-bond acceptors (Lipinski definition) is 12. The third kappa shape index (κ3) is 8.86. The lowest BCUT2D eigenvalue weighted by Gasteiger charge is -2.26. The Morgan fingerprint density at radius 2 is 1.19 bits per heavy atom. The van der Waals surface area contributed by atoms with Crippen LogP contribution in [0.2, 0.25) is 10.0 Å². The van der Waals surface area contributed by atoms with Gasteiger partial charge in [-0.05, 0) is 110 Å². The average Bonchev–Trinajstić information content (AvgIpc) is 4.20. The molecular formula is C45H40Cl2F2N8O6S4. The van der Waals surface area contributed by atoms with Gasteiger partial charge in [-0.25, -0.2) is 39.9 Å². The highest BCUT2D eigenvalue weighted by atomic mass is 35.5. The van der Waals surface area contributed by atoms with E-state index in [-0.39, 0.29) is 55.4 Å². The molecule has 0 bridgehead atoms. The number of sulfonamides is 2. The molecule has 2 saturated heterocycles. The van der Waals surface area contributed by atoms with Gasteiger partial charge in [0.1, 0.15) is 23.7 Å². The second-order valence-corrected chi connectivity index (χ2v) is 21.8. The van der Waals surface area contributed by atoms with E-state index in [1.165, 1.54) is 75.6 Å². The Hall–Kier alpha value is -5.64. The summed E-state index contributed by atoms with van der Waals surface area (Å²) < 4.78 is 82.8. The van der Waals surface area contributed by atoms with E-state index in [1.54, 1.807) is 63.2 Å². The summed E-state index contributed by atoms with van der Waals surface area (Å²) in [5.41, 5.74) is 4.31. The zero-order valence-electron chi connectivity index (χ0n) is 35.3. The first-order chi connectivity index (χ1) is 32.2. The molecule has 0 radical (unpaired) electrons. The minimum Gasteiger partial charge on any atom is -0.359 e. The van der Waals surface area contributed by atoms with Crippen molar-refractivity contribution in [2.24, 2.45) is 0 Å². The van der Waals surface area contributed by atoms with Gasteiger partial charge in [-0.1, -0.05) is 29.3 Å². The molecule has 6 heterocycles. The predicted octanol–water partition coefficient (Wildman–Crippen LogP) is 8.39. The number of fused-ring (bicyclic) bond motifs is 2. The second kappa shape index (κ2) is 18.8. The molecule has 0 unspecified atom stereocenters. The van der Waals surface area contributed by atoms with Crippen LogP contribution in [-0.4, -0.2) is 83.4 Å². The van der Waals surface area contributed by atoms with Gasteiger partial charge in [0.15, 0.2) is 10.3 Å². The van der Waals surface area contributed by atoms with E-state index < -0.39 is 31.7 Å². The molecule has 4 aromatic carbocycles. The van der Waals surface area contributed by atoms with Gasteiger partial charge in [-0.3, -0.25) is 14.3 Å². The smallest absolute Gasteiger partial charge is 0.266 e. The van der Waals surface area contributed by atoms with Gasteiger partial charge in [-0.15, -0.1) is 29.3 Å². The standard InChI is InChI=1S/C24H22ClFN4O3S2.C21H18ClFN4O3S2/c1-2-12-30(24-27-11-15-34-24)35(32,33)17-5-3-16(4-6-17)28-14-10-21(23(28)31)29-13-9-18-20(29)8-7-19(26)22(18)25;22-19-15-7-10-27(17(15)6-5-16(19)23)18-8-11-26(20(18)28)13-1-3-14(4-2-13)32(29,30)25-21-24-9-12-31-21/h2-8,11,15,21H,1,9-10,12-14H2;1-6,9,12,18H,7-8,10-11H2,(H,24,25)/t21-;18-/m00/s1. The highest BCUT2D eigenvalue weighted by molar-refractivity contribution is 7.93. The molecule has 2 amide bonds. The molecule has 348 valence electrons. The van der Waals surface area contributed by atoms with Crippen LogP contribution < -0.4 is 28.6 Å². The molecule has 2 aromatic heterocycles. The topological polar surface area (TPSA) is 156 Å². The van der Waals surface area contributed by atoms with Crippen LogP contribution in [0.1, 0.15) is 24.0 Å². The number of benzene rings is 4. The van der Waals surface area contributed by atoms with Crippen LogP contribution in [0, 0.1) is 11.6 Å². The Morgan fingerprint density at radius 1 is 0.701 bits per heavy atom. The molecule has 0 spiro atoms.